The standard InChI is InChI=1S/C22H43F3N2O/c1-4-5-6-7-8-9-10-11-12-13-14-15-16-17-19-27(2,3)20-18-26-21(28)22(23,24)25/h4-20H2,1-3H3/p+1. The van der Waals surface area contributed by atoms with Crippen LogP contribution in [0.3, 0.4) is 0 Å². The first-order valence-electron chi connectivity index (χ1n) is 11.4. The molecule has 0 aliphatic carbocycles. The molecular weight excluding hydrogens is 365 g/mol. The molecule has 0 aliphatic rings. The summed E-state index contributed by atoms with van der Waals surface area (Å²) in [5.74, 6) is -1.84. The molecule has 0 aromatic rings. The summed E-state index contributed by atoms with van der Waals surface area (Å²) in [7, 11) is 4.00. The lowest BCUT2D eigenvalue weighted by molar-refractivity contribution is -0.889. The lowest BCUT2D eigenvalue weighted by Crippen LogP contribution is -2.47. The van der Waals surface area contributed by atoms with Crippen molar-refractivity contribution in [3.05, 3.63) is 0 Å². The Morgan fingerprint density at radius 3 is 1.50 bits per heavy atom. The van der Waals surface area contributed by atoms with Crippen LogP contribution in [0.5, 0.6) is 0 Å². The molecule has 0 saturated heterocycles. The molecule has 0 heterocycles. The fourth-order valence-electron chi connectivity index (χ4n) is 3.42. The van der Waals surface area contributed by atoms with Crippen molar-refractivity contribution in [2.45, 2.75) is 103 Å². The lowest BCUT2D eigenvalue weighted by Gasteiger charge is -2.30. The smallest absolute Gasteiger partial charge is 0.343 e. The first-order valence-corrected chi connectivity index (χ1v) is 11.4. The van der Waals surface area contributed by atoms with Crippen molar-refractivity contribution in [1.29, 1.82) is 0 Å². The van der Waals surface area contributed by atoms with Gasteiger partial charge in [0.1, 0.15) is 0 Å². The van der Waals surface area contributed by atoms with Gasteiger partial charge < -0.3 is 9.80 Å². The third-order valence-corrected chi connectivity index (χ3v) is 5.38. The maximum Gasteiger partial charge on any atom is 0.471 e. The van der Waals surface area contributed by atoms with E-state index in [2.05, 4.69) is 6.92 Å². The molecule has 0 saturated carbocycles. The second-order valence-corrected chi connectivity index (χ2v) is 8.73. The number of likely N-dealkylation sites (N-methyl/N-ethyl adjacent to an activating group) is 1. The van der Waals surface area contributed by atoms with Gasteiger partial charge in [0, 0.05) is 0 Å². The molecule has 28 heavy (non-hydrogen) atoms. The van der Waals surface area contributed by atoms with Crippen LogP contribution < -0.4 is 5.32 Å². The van der Waals surface area contributed by atoms with Crippen LogP contribution in [0, 0.1) is 0 Å². The molecule has 0 spiro atoms. The fourth-order valence-corrected chi connectivity index (χ4v) is 3.42. The van der Waals surface area contributed by atoms with Gasteiger partial charge in [0.15, 0.2) is 0 Å². The molecule has 0 unspecified atom stereocenters. The molecule has 0 rings (SSSR count). The molecule has 0 atom stereocenters. The molecule has 1 N–H and O–H groups in total. The van der Waals surface area contributed by atoms with Gasteiger partial charge in [0.2, 0.25) is 0 Å². The number of halogens is 3. The number of nitrogens with zero attached hydrogens (tertiary/aromatic N) is 1. The van der Waals surface area contributed by atoms with Gasteiger partial charge in [0.25, 0.3) is 0 Å². The molecule has 0 aliphatic heterocycles. The molecule has 0 radical (unpaired) electrons. The van der Waals surface area contributed by atoms with E-state index in [4.69, 9.17) is 0 Å². The highest BCUT2D eigenvalue weighted by Crippen LogP contribution is 2.15. The van der Waals surface area contributed by atoms with Crippen molar-refractivity contribution < 1.29 is 22.4 Å². The van der Waals surface area contributed by atoms with Gasteiger partial charge in [-0.2, -0.15) is 13.2 Å². The number of rotatable bonds is 18. The van der Waals surface area contributed by atoms with Crippen LogP contribution in [-0.2, 0) is 4.79 Å². The number of amides is 1. The topological polar surface area (TPSA) is 29.1 Å². The Labute approximate surface area is 171 Å². The van der Waals surface area contributed by atoms with Crippen LogP contribution in [0.2, 0.25) is 0 Å². The fraction of sp³-hybridized carbons (Fsp3) is 0.955. The third-order valence-electron chi connectivity index (χ3n) is 5.38. The SMILES string of the molecule is CCCCCCCCCCCCCCCC[N+](C)(C)CCNC(=O)C(F)(F)F. The summed E-state index contributed by atoms with van der Waals surface area (Å²) in [4.78, 5) is 10.8. The molecule has 6 heteroatoms. The molecule has 0 fully saturated rings. The maximum absolute atomic E-state index is 12.1. The summed E-state index contributed by atoms with van der Waals surface area (Å²) in [5.41, 5.74) is 0. The number of carbonyl (C=O) groups excluding carboxylic acids is 1. The summed E-state index contributed by atoms with van der Waals surface area (Å²) in [6.45, 7) is 3.76. The van der Waals surface area contributed by atoms with Crippen molar-refractivity contribution in [2.75, 3.05) is 33.7 Å². The van der Waals surface area contributed by atoms with Crippen molar-refractivity contribution >= 4 is 5.91 Å². The molecule has 1 amide bonds. The number of carbonyl (C=O) groups is 1. The third kappa shape index (κ3) is 17.3. The average Bonchev–Trinajstić information content (AvgIpc) is 2.61. The Balaban J connectivity index is 3.43. The van der Waals surface area contributed by atoms with Crippen molar-refractivity contribution in [2.24, 2.45) is 0 Å². The zero-order valence-corrected chi connectivity index (χ0v) is 18.5. The van der Waals surface area contributed by atoms with Gasteiger partial charge in [-0.25, -0.2) is 0 Å². The van der Waals surface area contributed by atoms with Gasteiger partial charge >= 0.3 is 12.1 Å². The first-order chi connectivity index (χ1) is 13.2. The Morgan fingerprint density at radius 2 is 1.11 bits per heavy atom. The number of unbranched alkanes of at least 4 members (excludes halogenated alkanes) is 13. The largest absolute Gasteiger partial charge is 0.471 e. The summed E-state index contributed by atoms with van der Waals surface area (Å²) in [6.07, 6.45) is 13.7. The monoisotopic (exact) mass is 409 g/mol. The summed E-state index contributed by atoms with van der Waals surface area (Å²) < 4.78 is 37.1. The van der Waals surface area contributed by atoms with Gasteiger partial charge in [0.05, 0.1) is 33.7 Å². The van der Waals surface area contributed by atoms with Gasteiger partial charge in [-0.1, -0.05) is 84.0 Å². The van der Waals surface area contributed by atoms with E-state index in [1.165, 1.54) is 83.5 Å². The molecule has 168 valence electrons. The minimum atomic E-state index is -4.79. The van der Waals surface area contributed by atoms with Crippen LogP contribution in [0.1, 0.15) is 96.8 Å². The second kappa shape index (κ2) is 16.1. The van der Waals surface area contributed by atoms with Crippen LogP contribution in [0.25, 0.3) is 0 Å². The van der Waals surface area contributed by atoms with E-state index >= 15 is 0 Å². The highest BCUT2D eigenvalue weighted by atomic mass is 19.4. The molecule has 0 aromatic carbocycles. The lowest BCUT2D eigenvalue weighted by atomic mass is 10.0. The van der Waals surface area contributed by atoms with Crippen molar-refractivity contribution in [3.63, 3.8) is 0 Å². The predicted octanol–water partition coefficient (Wildman–Crippen LogP) is 6.22. The van der Waals surface area contributed by atoms with Crippen LogP contribution in [0.15, 0.2) is 0 Å². The van der Waals surface area contributed by atoms with E-state index < -0.39 is 12.1 Å². The van der Waals surface area contributed by atoms with Gasteiger partial charge in [-0.05, 0) is 12.8 Å². The van der Waals surface area contributed by atoms with Gasteiger partial charge in [-0.15, -0.1) is 0 Å². The number of quaternary nitrogens is 1. The number of hydrogen-bond donors (Lipinski definition) is 1. The average molecular weight is 410 g/mol. The summed E-state index contributed by atoms with van der Waals surface area (Å²) in [6, 6.07) is 0. The van der Waals surface area contributed by atoms with E-state index in [0.29, 0.717) is 11.0 Å². The quantitative estimate of drug-likeness (QED) is 0.211. The van der Waals surface area contributed by atoms with Gasteiger partial charge in [-0.3, -0.25) is 4.79 Å². The normalized spacial score (nSPS) is 12.4. The van der Waals surface area contributed by atoms with Crippen LogP contribution in [-0.4, -0.2) is 50.3 Å². The molecular formula is C22H44F3N2O+. The Bertz CT molecular complexity index is 384. The van der Waals surface area contributed by atoms with E-state index in [9.17, 15) is 18.0 Å². The highest BCUT2D eigenvalue weighted by molar-refractivity contribution is 5.81. The van der Waals surface area contributed by atoms with E-state index in [1.54, 1.807) is 0 Å². The van der Waals surface area contributed by atoms with E-state index in [0.717, 1.165) is 13.0 Å². The number of alkyl halides is 3. The predicted molar refractivity (Wildman–Crippen MR) is 111 cm³/mol. The minimum absolute atomic E-state index is 0.0595. The molecule has 0 bridgehead atoms. The Hall–Kier alpha value is -0.780. The Morgan fingerprint density at radius 1 is 0.714 bits per heavy atom. The molecule has 3 nitrogen and oxygen atoms in total. The Kier molecular flexibility index (Phi) is 15.6. The minimum Gasteiger partial charge on any atom is -0.343 e. The van der Waals surface area contributed by atoms with Crippen molar-refractivity contribution in [1.82, 2.24) is 5.32 Å². The van der Waals surface area contributed by atoms with Crippen LogP contribution in [0.4, 0.5) is 13.2 Å². The van der Waals surface area contributed by atoms with E-state index in [-0.39, 0.29) is 6.54 Å². The van der Waals surface area contributed by atoms with E-state index in [1.807, 2.05) is 19.4 Å². The van der Waals surface area contributed by atoms with Crippen molar-refractivity contribution in [3.8, 4) is 0 Å². The number of nitrogens with one attached hydrogen (secondary N) is 1. The zero-order chi connectivity index (χ0) is 21.3. The second-order valence-electron chi connectivity index (χ2n) is 8.73. The highest BCUT2D eigenvalue weighted by Gasteiger charge is 2.38. The maximum atomic E-state index is 12.1. The summed E-state index contributed by atoms with van der Waals surface area (Å²) >= 11 is 0. The first kappa shape index (κ1) is 27.2. The number of hydrogen-bond acceptors (Lipinski definition) is 1. The molecule has 0 aromatic heterocycles. The zero-order valence-electron chi connectivity index (χ0n) is 18.5. The van der Waals surface area contributed by atoms with Crippen LogP contribution >= 0.6 is 0 Å². The summed E-state index contributed by atoms with van der Waals surface area (Å²) in [5, 5.41) is 1.95.